The van der Waals surface area contributed by atoms with Crippen molar-refractivity contribution in [1.82, 2.24) is 10.2 Å². The molecule has 0 spiro atoms. The number of hydrogen-bond donors (Lipinski definition) is 1. The van der Waals surface area contributed by atoms with Crippen molar-refractivity contribution in [3.8, 4) is 0 Å². The molecule has 116 valence electrons. The Kier molecular flexibility index (Phi) is 3.96. The van der Waals surface area contributed by atoms with Crippen molar-refractivity contribution in [1.29, 1.82) is 0 Å². The molecule has 0 bridgehead atoms. The lowest BCUT2D eigenvalue weighted by Gasteiger charge is -2.06. The molecule has 23 heavy (non-hydrogen) atoms. The maximum atomic E-state index is 13.8. The normalized spacial score (nSPS) is 10.9. The fourth-order valence-corrected chi connectivity index (χ4v) is 2.63. The first kappa shape index (κ1) is 15.4. The van der Waals surface area contributed by atoms with Crippen LogP contribution in [0.15, 0.2) is 41.2 Å². The number of aromatic nitrogens is 2. The average Bonchev–Trinajstić information content (AvgIpc) is 2.54. The number of ketones is 1. The highest BCUT2D eigenvalue weighted by atomic mass is 35.5. The van der Waals surface area contributed by atoms with Crippen LogP contribution in [0.1, 0.15) is 21.5 Å². The van der Waals surface area contributed by atoms with Crippen LogP contribution in [0.4, 0.5) is 4.39 Å². The van der Waals surface area contributed by atoms with Gasteiger partial charge in [-0.2, -0.15) is 5.10 Å². The molecule has 2 aromatic carbocycles. The molecule has 0 fully saturated rings. The summed E-state index contributed by atoms with van der Waals surface area (Å²) in [4.78, 5) is 24.2. The fourth-order valence-electron chi connectivity index (χ4n) is 2.42. The van der Waals surface area contributed by atoms with Crippen molar-refractivity contribution in [2.24, 2.45) is 0 Å². The SMILES string of the molecule is Cc1ccc(F)c(CC(=O)c2ccc3c(Cl)n[nH]c(=O)c3c2)c1. The number of hydrogen-bond acceptors (Lipinski definition) is 3. The van der Waals surface area contributed by atoms with Gasteiger partial charge in [-0.15, -0.1) is 0 Å². The van der Waals surface area contributed by atoms with E-state index >= 15 is 0 Å². The number of carbonyl (C=O) groups excluding carboxylic acids is 1. The Balaban J connectivity index is 2.00. The van der Waals surface area contributed by atoms with E-state index in [0.29, 0.717) is 16.5 Å². The van der Waals surface area contributed by atoms with Gasteiger partial charge >= 0.3 is 0 Å². The van der Waals surface area contributed by atoms with Crippen molar-refractivity contribution < 1.29 is 9.18 Å². The zero-order valence-corrected chi connectivity index (χ0v) is 12.9. The quantitative estimate of drug-likeness (QED) is 0.748. The van der Waals surface area contributed by atoms with Crippen LogP contribution in [0.25, 0.3) is 10.8 Å². The number of carbonyl (C=O) groups is 1. The van der Waals surface area contributed by atoms with Gasteiger partial charge in [0.1, 0.15) is 5.82 Å². The molecular formula is C17H12ClFN2O2. The van der Waals surface area contributed by atoms with Gasteiger partial charge < -0.3 is 0 Å². The van der Waals surface area contributed by atoms with E-state index in [-0.39, 0.29) is 22.7 Å². The Bertz CT molecular complexity index is 982. The van der Waals surface area contributed by atoms with Gasteiger partial charge in [-0.3, -0.25) is 9.59 Å². The number of benzene rings is 2. The van der Waals surface area contributed by atoms with E-state index < -0.39 is 11.4 Å². The average molecular weight is 331 g/mol. The number of fused-ring (bicyclic) bond motifs is 1. The Morgan fingerprint density at radius 1 is 1.22 bits per heavy atom. The molecule has 1 aromatic heterocycles. The van der Waals surface area contributed by atoms with Gasteiger partial charge in [0.25, 0.3) is 5.56 Å². The molecule has 4 nitrogen and oxygen atoms in total. The van der Waals surface area contributed by atoms with E-state index in [0.717, 1.165) is 5.56 Å². The predicted molar refractivity (Wildman–Crippen MR) is 86.5 cm³/mol. The molecule has 0 aliphatic heterocycles. The fraction of sp³-hybridized carbons (Fsp3) is 0.118. The maximum absolute atomic E-state index is 13.8. The van der Waals surface area contributed by atoms with Gasteiger partial charge in [0, 0.05) is 17.4 Å². The molecule has 3 rings (SSSR count). The molecule has 0 aliphatic rings. The van der Waals surface area contributed by atoms with E-state index in [2.05, 4.69) is 10.2 Å². The van der Waals surface area contributed by atoms with E-state index in [9.17, 15) is 14.0 Å². The first-order chi connectivity index (χ1) is 11.0. The Labute approximate surface area is 135 Å². The monoisotopic (exact) mass is 330 g/mol. The van der Waals surface area contributed by atoms with Crippen LogP contribution in [-0.2, 0) is 6.42 Å². The molecule has 0 unspecified atom stereocenters. The zero-order valence-electron chi connectivity index (χ0n) is 12.2. The largest absolute Gasteiger partial charge is 0.294 e. The van der Waals surface area contributed by atoms with Gasteiger partial charge in [-0.25, -0.2) is 9.49 Å². The lowest BCUT2D eigenvalue weighted by Crippen LogP contribution is -2.11. The molecular weight excluding hydrogens is 319 g/mol. The molecule has 0 amide bonds. The summed E-state index contributed by atoms with van der Waals surface area (Å²) < 4.78 is 13.8. The topological polar surface area (TPSA) is 62.8 Å². The number of aromatic amines is 1. The van der Waals surface area contributed by atoms with Crippen LogP contribution >= 0.6 is 11.6 Å². The zero-order chi connectivity index (χ0) is 16.6. The highest BCUT2D eigenvalue weighted by Gasteiger charge is 2.13. The lowest BCUT2D eigenvalue weighted by molar-refractivity contribution is 0.0992. The molecule has 0 saturated heterocycles. The second-order valence-electron chi connectivity index (χ2n) is 5.30. The van der Waals surface area contributed by atoms with Gasteiger partial charge in [0.2, 0.25) is 0 Å². The lowest BCUT2D eigenvalue weighted by atomic mass is 9.99. The smallest absolute Gasteiger partial charge is 0.272 e. The molecule has 6 heteroatoms. The van der Waals surface area contributed by atoms with E-state index in [1.165, 1.54) is 12.1 Å². The minimum Gasteiger partial charge on any atom is -0.294 e. The Morgan fingerprint density at radius 2 is 2.00 bits per heavy atom. The van der Waals surface area contributed by atoms with Crippen molar-refractivity contribution in [2.75, 3.05) is 0 Å². The third kappa shape index (κ3) is 3.00. The number of nitrogens with zero attached hydrogens (tertiary/aromatic N) is 1. The number of rotatable bonds is 3. The summed E-state index contributed by atoms with van der Waals surface area (Å²) in [6.07, 6.45) is -0.0737. The Hall–Kier alpha value is -2.53. The maximum Gasteiger partial charge on any atom is 0.272 e. The second-order valence-corrected chi connectivity index (χ2v) is 5.66. The number of halogens is 2. The Morgan fingerprint density at radius 3 is 2.78 bits per heavy atom. The summed E-state index contributed by atoms with van der Waals surface area (Å²) in [6, 6.07) is 9.22. The van der Waals surface area contributed by atoms with Crippen molar-refractivity contribution >= 4 is 28.2 Å². The molecule has 0 radical (unpaired) electrons. The number of Topliss-reactive ketones (excluding diaryl/α,β-unsaturated/α-hetero) is 1. The van der Waals surface area contributed by atoms with Gasteiger partial charge in [0.05, 0.1) is 5.39 Å². The minimum absolute atomic E-state index is 0.0737. The van der Waals surface area contributed by atoms with Crippen LogP contribution < -0.4 is 5.56 Å². The van der Waals surface area contributed by atoms with Crippen LogP contribution in [0, 0.1) is 12.7 Å². The standard InChI is InChI=1S/C17H12ClFN2O2/c1-9-2-5-14(19)11(6-9)8-15(22)10-3-4-12-13(7-10)17(23)21-20-16(12)18/h2-7H,8H2,1H3,(H,21,23). The highest BCUT2D eigenvalue weighted by Crippen LogP contribution is 2.20. The number of aryl methyl sites for hydroxylation is 1. The third-order valence-electron chi connectivity index (χ3n) is 3.62. The number of H-pyrrole nitrogens is 1. The van der Waals surface area contributed by atoms with Gasteiger partial charge in [0.15, 0.2) is 10.9 Å². The second kappa shape index (κ2) is 5.93. The summed E-state index contributed by atoms with van der Waals surface area (Å²) >= 11 is 5.91. The van der Waals surface area contributed by atoms with E-state index in [1.807, 2.05) is 6.92 Å². The summed E-state index contributed by atoms with van der Waals surface area (Å²) in [5.74, 6) is -0.696. The van der Waals surface area contributed by atoms with Crippen molar-refractivity contribution in [3.63, 3.8) is 0 Å². The molecule has 0 atom stereocenters. The van der Waals surface area contributed by atoms with Gasteiger partial charge in [-0.05, 0) is 24.6 Å². The minimum atomic E-state index is -0.430. The first-order valence-corrected chi connectivity index (χ1v) is 7.29. The van der Waals surface area contributed by atoms with Crippen LogP contribution in [0.3, 0.4) is 0 Å². The third-order valence-corrected chi connectivity index (χ3v) is 3.90. The number of nitrogens with one attached hydrogen (secondary N) is 1. The highest BCUT2D eigenvalue weighted by molar-refractivity contribution is 6.34. The van der Waals surface area contributed by atoms with E-state index in [1.54, 1.807) is 24.3 Å². The molecule has 3 aromatic rings. The predicted octanol–water partition coefficient (Wildman–Crippen LogP) is 3.45. The first-order valence-electron chi connectivity index (χ1n) is 6.92. The summed E-state index contributed by atoms with van der Waals surface area (Å²) in [5.41, 5.74) is 1.10. The van der Waals surface area contributed by atoms with Crippen molar-refractivity contribution in [2.45, 2.75) is 13.3 Å². The molecule has 0 saturated carbocycles. The van der Waals surface area contributed by atoms with Gasteiger partial charge in [-0.1, -0.05) is 41.4 Å². The van der Waals surface area contributed by atoms with Crippen molar-refractivity contribution in [3.05, 3.63) is 74.4 Å². The summed E-state index contributed by atoms with van der Waals surface area (Å²) in [6.45, 7) is 1.83. The molecule has 1 heterocycles. The summed E-state index contributed by atoms with van der Waals surface area (Å²) in [5, 5.41) is 6.83. The van der Waals surface area contributed by atoms with Crippen LogP contribution in [0.5, 0.6) is 0 Å². The summed E-state index contributed by atoms with van der Waals surface area (Å²) in [7, 11) is 0. The molecule has 0 aliphatic carbocycles. The van der Waals surface area contributed by atoms with E-state index in [4.69, 9.17) is 11.6 Å². The van der Waals surface area contributed by atoms with Crippen LogP contribution in [0.2, 0.25) is 5.15 Å². The molecule has 1 N–H and O–H groups in total. The van der Waals surface area contributed by atoms with Crippen LogP contribution in [-0.4, -0.2) is 16.0 Å².